The third-order valence-corrected chi connectivity index (χ3v) is 9.35. The van der Waals surface area contributed by atoms with Crippen LogP contribution in [0.25, 0.3) is 0 Å². The number of piperidine rings is 1. The van der Waals surface area contributed by atoms with Gasteiger partial charge in [0.15, 0.2) is 0 Å². The summed E-state index contributed by atoms with van der Waals surface area (Å²) in [7, 11) is 0. The van der Waals surface area contributed by atoms with E-state index in [0.29, 0.717) is 30.2 Å². The van der Waals surface area contributed by atoms with E-state index in [0.717, 1.165) is 25.3 Å². The number of amides is 1. The van der Waals surface area contributed by atoms with Gasteiger partial charge in [0.25, 0.3) is 0 Å². The minimum absolute atomic E-state index is 0.0228. The van der Waals surface area contributed by atoms with E-state index in [1.807, 2.05) is 0 Å². The number of aliphatic hydroxyl groups is 1. The molecule has 0 aromatic carbocycles. The predicted molar refractivity (Wildman–Crippen MR) is 101 cm³/mol. The van der Waals surface area contributed by atoms with Crippen LogP contribution in [-0.2, 0) is 4.79 Å². The van der Waals surface area contributed by atoms with Gasteiger partial charge in [-0.3, -0.25) is 9.69 Å². The van der Waals surface area contributed by atoms with Crippen LogP contribution in [0.3, 0.4) is 0 Å². The number of fused-ring (bicyclic) bond motifs is 1. The minimum Gasteiger partial charge on any atom is -0.396 e. The number of allylic oxidation sites excluding steroid dienone is 1. The first-order chi connectivity index (χ1) is 12.5. The Labute approximate surface area is 157 Å². The fourth-order valence-corrected chi connectivity index (χ4v) is 8.52. The van der Waals surface area contributed by atoms with Crippen LogP contribution in [0.2, 0.25) is 0 Å². The van der Waals surface area contributed by atoms with E-state index in [1.165, 1.54) is 38.6 Å². The van der Waals surface area contributed by atoms with Crippen molar-refractivity contribution in [3.8, 4) is 0 Å². The summed E-state index contributed by atoms with van der Waals surface area (Å²) in [5, 5.41) is 10.9. The van der Waals surface area contributed by atoms with Crippen molar-refractivity contribution < 1.29 is 9.90 Å². The maximum absolute atomic E-state index is 11.9. The van der Waals surface area contributed by atoms with Crippen molar-refractivity contribution in [2.75, 3.05) is 19.7 Å². The Balaban J connectivity index is 1.73. The molecule has 0 unspecified atom stereocenters. The van der Waals surface area contributed by atoms with Crippen LogP contribution in [0.4, 0.5) is 0 Å². The number of primary amides is 1. The molecule has 3 aliphatic carbocycles. The van der Waals surface area contributed by atoms with Gasteiger partial charge in [-0.05, 0) is 68.6 Å². The molecule has 0 spiro atoms. The SMILES string of the molecule is C[C@@H]1CN2C[C@H]3CC[C@H]4CCC=C4[C@@]4(CCC(N)=O)[C@@H]2[C@@H]1CC[C@@]34CO. The van der Waals surface area contributed by atoms with E-state index in [9.17, 15) is 9.90 Å². The second-order valence-corrected chi connectivity index (χ2v) is 10.0. The Morgan fingerprint density at radius 1 is 1.31 bits per heavy atom. The second kappa shape index (κ2) is 5.81. The molecule has 5 rings (SSSR count). The lowest BCUT2D eigenvalue weighted by Crippen LogP contribution is -2.69. The maximum Gasteiger partial charge on any atom is 0.217 e. The summed E-state index contributed by atoms with van der Waals surface area (Å²) >= 11 is 0. The van der Waals surface area contributed by atoms with Crippen LogP contribution in [0.15, 0.2) is 11.6 Å². The first kappa shape index (κ1) is 17.2. The van der Waals surface area contributed by atoms with E-state index in [-0.39, 0.29) is 23.3 Å². The van der Waals surface area contributed by atoms with Gasteiger partial charge in [-0.1, -0.05) is 18.6 Å². The normalized spacial score (nSPS) is 49.5. The molecule has 2 aliphatic heterocycles. The average molecular weight is 359 g/mol. The Morgan fingerprint density at radius 2 is 2.15 bits per heavy atom. The summed E-state index contributed by atoms with van der Waals surface area (Å²) in [5.41, 5.74) is 7.24. The molecular formula is C22H34N2O2. The highest BCUT2D eigenvalue weighted by atomic mass is 16.3. The monoisotopic (exact) mass is 358 g/mol. The van der Waals surface area contributed by atoms with Gasteiger partial charge in [-0.15, -0.1) is 0 Å². The zero-order valence-corrected chi connectivity index (χ0v) is 16.1. The molecule has 0 radical (unpaired) electrons. The quantitative estimate of drug-likeness (QED) is 0.760. The lowest BCUT2D eigenvalue weighted by atomic mass is 9.42. The number of rotatable bonds is 4. The van der Waals surface area contributed by atoms with Crippen molar-refractivity contribution in [2.24, 2.45) is 40.2 Å². The van der Waals surface area contributed by atoms with Gasteiger partial charge in [-0.2, -0.15) is 0 Å². The van der Waals surface area contributed by atoms with Crippen molar-refractivity contribution in [3.63, 3.8) is 0 Å². The summed E-state index contributed by atoms with van der Waals surface area (Å²) < 4.78 is 0. The fourth-order valence-electron chi connectivity index (χ4n) is 8.52. The van der Waals surface area contributed by atoms with Crippen LogP contribution in [-0.4, -0.2) is 41.7 Å². The molecule has 7 atom stereocenters. The third kappa shape index (κ3) is 1.95. The molecule has 0 aromatic rings. The van der Waals surface area contributed by atoms with Gasteiger partial charge in [0.2, 0.25) is 5.91 Å². The molecule has 4 heteroatoms. The van der Waals surface area contributed by atoms with Crippen LogP contribution < -0.4 is 5.73 Å². The number of carbonyl (C=O) groups excluding carboxylic acids is 1. The summed E-state index contributed by atoms with van der Waals surface area (Å²) in [5.74, 6) is 2.50. The lowest BCUT2D eigenvalue weighted by Gasteiger charge is -2.67. The molecule has 144 valence electrons. The Morgan fingerprint density at radius 3 is 2.92 bits per heavy atom. The van der Waals surface area contributed by atoms with Gasteiger partial charge in [-0.25, -0.2) is 0 Å². The smallest absolute Gasteiger partial charge is 0.217 e. The summed E-state index contributed by atoms with van der Waals surface area (Å²) in [4.78, 5) is 14.6. The van der Waals surface area contributed by atoms with Gasteiger partial charge in [0.05, 0.1) is 0 Å². The molecule has 4 nitrogen and oxygen atoms in total. The summed E-state index contributed by atoms with van der Waals surface area (Å²) in [6.45, 7) is 5.06. The van der Waals surface area contributed by atoms with Gasteiger partial charge < -0.3 is 10.8 Å². The number of nitrogens with zero attached hydrogens (tertiary/aromatic N) is 1. The standard InChI is InChI=1S/C22H34N2O2/c1-14-11-24-12-16-6-5-15-3-2-4-18(15)22(10-8-19(23)26)20(24)17(14)7-9-21(16,22)13-25/h4,14-17,20,25H,2-3,5-13H2,1H3,(H2,23,26)/t14-,15-,16-,17-,20+,21-,22+/m1/s1. The number of carbonyl (C=O) groups is 1. The molecule has 3 N–H and O–H groups in total. The molecule has 5 aliphatic rings. The Kier molecular flexibility index (Phi) is 3.85. The minimum atomic E-state index is -0.178. The largest absolute Gasteiger partial charge is 0.396 e. The topological polar surface area (TPSA) is 66.6 Å². The second-order valence-electron chi connectivity index (χ2n) is 10.0. The number of nitrogens with two attached hydrogens (primary N) is 1. The zero-order valence-electron chi connectivity index (χ0n) is 16.1. The first-order valence-electron chi connectivity index (χ1n) is 10.9. The first-order valence-corrected chi connectivity index (χ1v) is 10.9. The summed E-state index contributed by atoms with van der Waals surface area (Å²) in [6.07, 6.45) is 11.2. The van der Waals surface area contributed by atoms with Crippen LogP contribution in [0.5, 0.6) is 0 Å². The van der Waals surface area contributed by atoms with Crippen molar-refractivity contribution in [1.82, 2.24) is 4.90 Å². The molecule has 4 fully saturated rings. The predicted octanol–water partition coefficient (Wildman–Crippen LogP) is 2.71. The zero-order chi connectivity index (χ0) is 18.1. The molecule has 1 amide bonds. The molecular weight excluding hydrogens is 324 g/mol. The fraction of sp³-hybridized carbons (Fsp3) is 0.864. The molecule has 4 bridgehead atoms. The summed E-state index contributed by atoms with van der Waals surface area (Å²) in [6, 6.07) is 0.513. The third-order valence-electron chi connectivity index (χ3n) is 9.35. The van der Waals surface area contributed by atoms with Gasteiger partial charge in [0.1, 0.15) is 0 Å². The Bertz CT molecular complexity index is 646. The van der Waals surface area contributed by atoms with Crippen LogP contribution >= 0.6 is 0 Å². The van der Waals surface area contributed by atoms with Crippen molar-refractivity contribution >= 4 is 5.91 Å². The molecule has 26 heavy (non-hydrogen) atoms. The molecule has 0 aromatic heterocycles. The van der Waals surface area contributed by atoms with Crippen LogP contribution in [0.1, 0.15) is 58.3 Å². The molecule has 2 heterocycles. The average Bonchev–Trinajstić information content (AvgIpc) is 3.20. The van der Waals surface area contributed by atoms with Gasteiger partial charge in [0, 0.05) is 43.0 Å². The van der Waals surface area contributed by atoms with Crippen LogP contribution in [0, 0.1) is 34.5 Å². The highest BCUT2D eigenvalue weighted by Gasteiger charge is 2.71. The number of hydrogen-bond donors (Lipinski definition) is 2. The van der Waals surface area contributed by atoms with Gasteiger partial charge >= 0.3 is 0 Å². The lowest BCUT2D eigenvalue weighted by molar-refractivity contribution is -0.174. The highest BCUT2D eigenvalue weighted by Crippen LogP contribution is 2.72. The number of hydrogen-bond acceptors (Lipinski definition) is 3. The van der Waals surface area contributed by atoms with Crippen molar-refractivity contribution in [1.29, 1.82) is 0 Å². The van der Waals surface area contributed by atoms with E-state index in [1.54, 1.807) is 5.57 Å². The van der Waals surface area contributed by atoms with E-state index in [2.05, 4.69) is 17.9 Å². The maximum atomic E-state index is 11.9. The van der Waals surface area contributed by atoms with E-state index < -0.39 is 0 Å². The highest BCUT2D eigenvalue weighted by molar-refractivity contribution is 5.73. The van der Waals surface area contributed by atoms with Crippen molar-refractivity contribution in [3.05, 3.63) is 11.6 Å². The van der Waals surface area contributed by atoms with E-state index in [4.69, 9.17) is 5.73 Å². The van der Waals surface area contributed by atoms with E-state index >= 15 is 0 Å². The number of aliphatic hydroxyl groups excluding tert-OH is 1. The molecule has 2 saturated carbocycles. The Hall–Kier alpha value is -0.870. The molecule has 2 saturated heterocycles. The van der Waals surface area contributed by atoms with Crippen molar-refractivity contribution in [2.45, 2.75) is 64.3 Å².